The molecule has 1 aromatic carbocycles. The van der Waals surface area contributed by atoms with Crippen LogP contribution >= 0.6 is 0 Å². The molecule has 27 heavy (non-hydrogen) atoms. The van der Waals surface area contributed by atoms with Crippen LogP contribution in [0.2, 0.25) is 0 Å². The average molecular weight is 369 g/mol. The molecule has 3 atom stereocenters. The summed E-state index contributed by atoms with van der Waals surface area (Å²) >= 11 is 0. The molecule has 4 rings (SSSR count). The highest BCUT2D eigenvalue weighted by atomic mass is 16.5. The number of carbonyl (C=O) groups is 3. The zero-order valence-electron chi connectivity index (χ0n) is 15.6. The number of nitrogens with one attached hydrogen (secondary N) is 3. The van der Waals surface area contributed by atoms with Gasteiger partial charge in [-0.1, -0.05) is 26.0 Å². The van der Waals surface area contributed by atoms with Gasteiger partial charge >= 0.3 is 6.03 Å². The predicted molar refractivity (Wildman–Crippen MR) is 97.9 cm³/mol. The molecular formula is C20H23N3O4. The third-order valence-electron chi connectivity index (χ3n) is 5.58. The third-order valence-corrected chi connectivity index (χ3v) is 5.58. The van der Waals surface area contributed by atoms with E-state index >= 15 is 0 Å². The second-order valence-electron chi connectivity index (χ2n) is 8.19. The minimum absolute atomic E-state index is 0.0534. The van der Waals surface area contributed by atoms with Crippen LogP contribution in [-0.4, -0.2) is 31.0 Å². The Labute approximate surface area is 157 Å². The molecule has 2 heterocycles. The highest BCUT2D eigenvalue weighted by molar-refractivity contribution is 6.04. The Morgan fingerprint density at radius 1 is 1.04 bits per heavy atom. The highest BCUT2D eigenvalue weighted by Crippen LogP contribution is 2.47. The van der Waals surface area contributed by atoms with E-state index in [-0.39, 0.29) is 17.1 Å². The molecule has 3 N–H and O–H groups in total. The molecule has 3 amide bonds. The van der Waals surface area contributed by atoms with E-state index < -0.39 is 24.0 Å². The molecule has 7 heteroatoms. The summed E-state index contributed by atoms with van der Waals surface area (Å²) in [5.74, 6) is -0.628. The van der Waals surface area contributed by atoms with Crippen LogP contribution < -0.4 is 20.7 Å². The molecule has 0 radical (unpaired) electrons. The number of ketones is 1. The molecule has 3 aliphatic rings. The van der Waals surface area contributed by atoms with Crippen molar-refractivity contribution in [1.82, 2.24) is 16.0 Å². The van der Waals surface area contributed by atoms with E-state index in [0.717, 1.165) is 11.3 Å². The molecule has 0 spiro atoms. The summed E-state index contributed by atoms with van der Waals surface area (Å²) in [5, 5.41) is 8.40. The van der Waals surface area contributed by atoms with Crippen molar-refractivity contribution < 1.29 is 19.1 Å². The smallest absolute Gasteiger partial charge is 0.323 e. The first kappa shape index (κ1) is 17.6. The fourth-order valence-electron chi connectivity index (χ4n) is 4.46. The van der Waals surface area contributed by atoms with Crippen molar-refractivity contribution in [3.05, 3.63) is 41.1 Å². The summed E-state index contributed by atoms with van der Waals surface area (Å²) in [7, 11) is 1.59. The lowest BCUT2D eigenvalue weighted by Gasteiger charge is -2.46. The summed E-state index contributed by atoms with van der Waals surface area (Å²) in [5.41, 5.74) is 2.18. The minimum Gasteiger partial charge on any atom is -0.497 e. The molecule has 1 aliphatic carbocycles. The van der Waals surface area contributed by atoms with Gasteiger partial charge in [0.15, 0.2) is 5.78 Å². The monoisotopic (exact) mass is 369 g/mol. The van der Waals surface area contributed by atoms with E-state index in [1.807, 2.05) is 24.3 Å². The molecule has 3 unspecified atom stereocenters. The van der Waals surface area contributed by atoms with Crippen LogP contribution in [-0.2, 0) is 9.59 Å². The predicted octanol–water partition coefficient (Wildman–Crippen LogP) is 1.81. The van der Waals surface area contributed by atoms with Crippen molar-refractivity contribution in [2.24, 2.45) is 11.3 Å². The van der Waals surface area contributed by atoms with Gasteiger partial charge in [0.05, 0.1) is 13.0 Å². The number of amides is 3. The number of ether oxygens (including phenoxy) is 1. The van der Waals surface area contributed by atoms with Gasteiger partial charge in [-0.2, -0.15) is 0 Å². The molecule has 0 aromatic heterocycles. The van der Waals surface area contributed by atoms with Crippen LogP contribution in [0.1, 0.15) is 38.2 Å². The second-order valence-corrected chi connectivity index (χ2v) is 8.19. The quantitative estimate of drug-likeness (QED) is 0.739. The topological polar surface area (TPSA) is 96.5 Å². The van der Waals surface area contributed by atoms with Crippen molar-refractivity contribution in [3.63, 3.8) is 0 Å². The standard InChI is InChI=1S/C20H23N3O4/c1-20(2)8-12-15(13(24)9-20)14(10-4-6-11(27-3)7-5-10)16-17(21-12)22-19(26)23-18(16)25/h4-7,14,16-17,21H,8-9H2,1-3H3,(H2,22,23,25,26). The number of carbonyl (C=O) groups excluding carboxylic acids is 3. The SMILES string of the molecule is COc1ccc(C2C3=C(CC(C)(C)CC3=O)NC3NC(=O)NC(=O)C32)cc1. The van der Waals surface area contributed by atoms with Gasteiger partial charge in [-0.3, -0.25) is 14.9 Å². The summed E-state index contributed by atoms with van der Waals surface area (Å²) in [6.07, 6.45) is 0.589. The number of rotatable bonds is 2. The van der Waals surface area contributed by atoms with E-state index in [9.17, 15) is 14.4 Å². The molecule has 7 nitrogen and oxygen atoms in total. The second kappa shape index (κ2) is 6.11. The van der Waals surface area contributed by atoms with Gasteiger partial charge in [-0.05, 0) is 29.5 Å². The zero-order chi connectivity index (χ0) is 19.3. The van der Waals surface area contributed by atoms with Crippen molar-refractivity contribution in [2.45, 2.75) is 38.8 Å². The Morgan fingerprint density at radius 3 is 2.41 bits per heavy atom. The third kappa shape index (κ3) is 2.97. The van der Waals surface area contributed by atoms with Crippen LogP contribution in [0.15, 0.2) is 35.5 Å². The summed E-state index contributed by atoms with van der Waals surface area (Å²) in [6, 6.07) is 6.89. The van der Waals surface area contributed by atoms with Crippen LogP contribution in [0.25, 0.3) is 0 Å². The van der Waals surface area contributed by atoms with E-state index in [1.165, 1.54) is 0 Å². The number of allylic oxidation sites excluding steroid dienone is 2. The maximum atomic E-state index is 13.1. The maximum Gasteiger partial charge on any atom is 0.323 e. The van der Waals surface area contributed by atoms with Gasteiger partial charge in [0.2, 0.25) is 5.91 Å². The Morgan fingerprint density at radius 2 is 1.74 bits per heavy atom. The number of hydrogen-bond donors (Lipinski definition) is 3. The number of imide groups is 1. The van der Waals surface area contributed by atoms with Crippen molar-refractivity contribution in [1.29, 1.82) is 0 Å². The van der Waals surface area contributed by atoms with Gasteiger partial charge < -0.3 is 15.4 Å². The Kier molecular flexibility index (Phi) is 3.98. The van der Waals surface area contributed by atoms with E-state index in [0.29, 0.717) is 24.2 Å². The molecule has 0 bridgehead atoms. The van der Waals surface area contributed by atoms with Crippen LogP contribution in [0.4, 0.5) is 4.79 Å². The number of Topliss-reactive ketones (excluding diaryl/α,β-unsaturated/α-hetero) is 1. The largest absolute Gasteiger partial charge is 0.497 e. The van der Waals surface area contributed by atoms with Crippen LogP contribution in [0.5, 0.6) is 5.75 Å². The zero-order valence-corrected chi connectivity index (χ0v) is 15.6. The molecule has 1 fully saturated rings. The number of fused-ring (bicyclic) bond motifs is 1. The lowest BCUT2D eigenvalue weighted by molar-refractivity contribution is -0.127. The molecule has 1 saturated heterocycles. The van der Waals surface area contributed by atoms with Crippen LogP contribution in [0.3, 0.4) is 0 Å². The van der Waals surface area contributed by atoms with Gasteiger partial charge in [0, 0.05) is 23.6 Å². The normalized spacial score (nSPS) is 29.1. The van der Waals surface area contributed by atoms with Crippen molar-refractivity contribution >= 4 is 17.7 Å². The Bertz CT molecular complexity index is 856. The Hall–Kier alpha value is -2.83. The number of methoxy groups -OCH3 is 1. The first-order chi connectivity index (χ1) is 12.8. The van der Waals surface area contributed by atoms with Gasteiger partial charge in [0.1, 0.15) is 11.9 Å². The summed E-state index contributed by atoms with van der Waals surface area (Å²) in [4.78, 5) is 37.6. The Balaban J connectivity index is 1.85. The number of urea groups is 1. The van der Waals surface area contributed by atoms with E-state index in [4.69, 9.17) is 4.74 Å². The average Bonchev–Trinajstić information content (AvgIpc) is 2.58. The summed E-state index contributed by atoms with van der Waals surface area (Å²) in [6.45, 7) is 4.11. The molecule has 1 aromatic rings. The van der Waals surface area contributed by atoms with E-state index in [1.54, 1.807) is 7.11 Å². The first-order valence-electron chi connectivity index (χ1n) is 9.07. The van der Waals surface area contributed by atoms with E-state index in [2.05, 4.69) is 29.8 Å². The number of benzene rings is 1. The minimum atomic E-state index is -0.597. The molecule has 0 saturated carbocycles. The lowest BCUT2D eigenvalue weighted by atomic mass is 9.66. The van der Waals surface area contributed by atoms with Gasteiger partial charge in [-0.25, -0.2) is 4.79 Å². The fraction of sp³-hybridized carbons (Fsp3) is 0.450. The highest BCUT2D eigenvalue weighted by Gasteiger charge is 2.50. The van der Waals surface area contributed by atoms with Crippen molar-refractivity contribution in [2.75, 3.05) is 7.11 Å². The lowest BCUT2D eigenvalue weighted by Crippen LogP contribution is -2.66. The maximum absolute atomic E-state index is 13.1. The molecular weight excluding hydrogens is 346 g/mol. The summed E-state index contributed by atoms with van der Waals surface area (Å²) < 4.78 is 5.23. The number of hydrogen-bond acceptors (Lipinski definition) is 5. The van der Waals surface area contributed by atoms with Gasteiger partial charge in [-0.15, -0.1) is 0 Å². The molecule has 2 aliphatic heterocycles. The van der Waals surface area contributed by atoms with Gasteiger partial charge in [0.25, 0.3) is 0 Å². The molecule has 142 valence electrons. The fourth-order valence-corrected chi connectivity index (χ4v) is 4.46. The first-order valence-corrected chi connectivity index (χ1v) is 9.07. The van der Waals surface area contributed by atoms with Crippen molar-refractivity contribution in [3.8, 4) is 5.75 Å². The van der Waals surface area contributed by atoms with Crippen LogP contribution in [0, 0.1) is 11.3 Å².